The van der Waals surface area contributed by atoms with Gasteiger partial charge in [0.05, 0.1) is 5.02 Å². The highest BCUT2D eigenvalue weighted by Crippen LogP contribution is 2.27. The molecule has 1 aliphatic heterocycles. The van der Waals surface area contributed by atoms with Gasteiger partial charge < -0.3 is 9.64 Å². The van der Waals surface area contributed by atoms with Crippen molar-refractivity contribution < 1.29 is 9.53 Å². The van der Waals surface area contributed by atoms with Crippen LogP contribution in [0.2, 0.25) is 10.0 Å². The van der Waals surface area contributed by atoms with Crippen molar-refractivity contribution in [1.29, 1.82) is 0 Å². The predicted octanol–water partition coefficient (Wildman–Crippen LogP) is 3.60. The zero-order valence-corrected chi connectivity index (χ0v) is 12.5. The van der Waals surface area contributed by atoms with Gasteiger partial charge in [0.25, 0.3) is 5.91 Å². The number of amides is 1. The molecule has 1 aliphatic rings. The van der Waals surface area contributed by atoms with Gasteiger partial charge in [-0.25, -0.2) is 0 Å². The van der Waals surface area contributed by atoms with Crippen LogP contribution in [0.25, 0.3) is 0 Å². The van der Waals surface area contributed by atoms with E-state index in [2.05, 4.69) is 0 Å². The van der Waals surface area contributed by atoms with E-state index in [1.54, 1.807) is 23.1 Å². The highest BCUT2D eigenvalue weighted by molar-refractivity contribution is 6.35. The number of benzene rings is 1. The number of hydrogen-bond donors (Lipinski definition) is 0. The fourth-order valence-corrected chi connectivity index (χ4v) is 2.92. The van der Waals surface area contributed by atoms with Gasteiger partial charge in [0, 0.05) is 23.5 Å². The standard InChI is InChI=1S/C13H14Cl3NO2/c14-7-10-2-1-5-17(10)13(18)8-19-12-4-3-9(15)6-11(12)16/h3-4,6,10H,1-2,5,7-8H2/t10-/m0/s1. The lowest BCUT2D eigenvalue weighted by molar-refractivity contribution is -0.133. The van der Waals surface area contributed by atoms with E-state index in [1.165, 1.54) is 0 Å². The van der Waals surface area contributed by atoms with Gasteiger partial charge >= 0.3 is 0 Å². The lowest BCUT2D eigenvalue weighted by atomic mass is 10.2. The molecular weight excluding hydrogens is 309 g/mol. The van der Waals surface area contributed by atoms with Crippen molar-refractivity contribution in [3.05, 3.63) is 28.2 Å². The van der Waals surface area contributed by atoms with E-state index in [0.29, 0.717) is 21.7 Å². The summed E-state index contributed by atoms with van der Waals surface area (Å²) >= 11 is 17.6. The van der Waals surface area contributed by atoms with Crippen molar-refractivity contribution in [3.8, 4) is 5.75 Å². The smallest absolute Gasteiger partial charge is 0.260 e. The normalized spacial score (nSPS) is 18.7. The second-order valence-corrected chi connectivity index (χ2v) is 5.55. The molecule has 1 aromatic carbocycles. The lowest BCUT2D eigenvalue weighted by Gasteiger charge is -2.23. The second kappa shape index (κ2) is 6.69. The van der Waals surface area contributed by atoms with Crippen molar-refractivity contribution >= 4 is 40.7 Å². The van der Waals surface area contributed by atoms with Crippen LogP contribution in [0.4, 0.5) is 0 Å². The monoisotopic (exact) mass is 321 g/mol. The van der Waals surface area contributed by atoms with Crippen molar-refractivity contribution in [2.24, 2.45) is 0 Å². The van der Waals surface area contributed by atoms with E-state index in [9.17, 15) is 4.79 Å². The maximum absolute atomic E-state index is 12.0. The van der Waals surface area contributed by atoms with Crippen LogP contribution in [0.5, 0.6) is 5.75 Å². The quantitative estimate of drug-likeness (QED) is 0.793. The first kappa shape index (κ1) is 14.8. The van der Waals surface area contributed by atoms with E-state index >= 15 is 0 Å². The summed E-state index contributed by atoms with van der Waals surface area (Å²) in [6.07, 6.45) is 1.95. The number of carbonyl (C=O) groups is 1. The van der Waals surface area contributed by atoms with Crippen LogP contribution in [-0.2, 0) is 4.79 Å². The molecule has 19 heavy (non-hydrogen) atoms. The third-order valence-corrected chi connectivity index (χ3v) is 4.01. The molecule has 1 fully saturated rings. The molecule has 104 valence electrons. The molecular formula is C13H14Cl3NO2. The van der Waals surface area contributed by atoms with Gasteiger partial charge in [0.2, 0.25) is 0 Å². The molecule has 0 unspecified atom stereocenters. The van der Waals surface area contributed by atoms with E-state index < -0.39 is 0 Å². The van der Waals surface area contributed by atoms with E-state index in [1.807, 2.05) is 0 Å². The highest BCUT2D eigenvalue weighted by atomic mass is 35.5. The number of rotatable bonds is 4. The van der Waals surface area contributed by atoms with Gasteiger partial charge in [-0.3, -0.25) is 4.79 Å². The number of alkyl halides is 1. The Morgan fingerprint density at radius 2 is 2.21 bits per heavy atom. The molecule has 3 nitrogen and oxygen atoms in total. The largest absolute Gasteiger partial charge is 0.482 e. The Morgan fingerprint density at radius 3 is 2.89 bits per heavy atom. The molecule has 1 saturated heterocycles. The van der Waals surface area contributed by atoms with Crippen molar-refractivity contribution in [3.63, 3.8) is 0 Å². The van der Waals surface area contributed by atoms with Crippen molar-refractivity contribution in [1.82, 2.24) is 4.90 Å². The Hall–Kier alpha value is -0.640. The molecule has 1 aromatic rings. The van der Waals surface area contributed by atoms with E-state index in [0.717, 1.165) is 19.4 Å². The van der Waals surface area contributed by atoms with Gasteiger partial charge in [-0.05, 0) is 31.0 Å². The summed E-state index contributed by atoms with van der Waals surface area (Å²) in [5, 5.41) is 0.932. The number of halogens is 3. The van der Waals surface area contributed by atoms with Crippen LogP contribution in [0, 0.1) is 0 Å². The zero-order chi connectivity index (χ0) is 13.8. The first-order chi connectivity index (χ1) is 9.11. The number of ether oxygens (including phenoxy) is 1. The minimum Gasteiger partial charge on any atom is -0.482 e. The van der Waals surface area contributed by atoms with Gasteiger partial charge in [-0.15, -0.1) is 11.6 Å². The molecule has 1 amide bonds. The SMILES string of the molecule is O=C(COc1ccc(Cl)cc1Cl)N1CCC[C@H]1CCl. The third kappa shape index (κ3) is 3.68. The molecule has 1 heterocycles. The first-order valence-electron chi connectivity index (χ1n) is 6.05. The van der Waals surface area contributed by atoms with Crippen LogP contribution < -0.4 is 4.74 Å². The maximum Gasteiger partial charge on any atom is 0.260 e. The van der Waals surface area contributed by atoms with Crippen molar-refractivity contribution in [2.75, 3.05) is 19.0 Å². The molecule has 0 aromatic heterocycles. The van der Waals surface area contributed by atoms with Gasteiger partial charge in [-0.2, -0.15) is 0 Å². The Kier molecular flexibility index (Phi) is 5.20. The van der Waals surface area contributed by atoms with E-state index in [4.69, 9.17) is 39.5 Å². The topological polar surface area (TPSA) is 29.5 Å². The average molecular weight is 323 g/mol. The molecule has 1 atom stereocenters. The molecule has 0 saturated carbocycles. The maximum atomic E-state index is 12.0. The van der Waals surface area contributed by atoms with Gasteiger partial charge in [0.15, 0.2) is 6.61 Å². The highest BCUT2D eigenvalue weighted by Gasteiger charge is 2.28. The molecule has 6 heteroatoms. The average Bonchev–Trinajstić information content (AvgIpc) is 2.85. The fraction of sp³-hybridized carbons (Fsp3) is 0.462. The summed E-state index contributed by atoms with van der Waals surface area (Å²) in [4.78, 5) is 13.8. The van der Waals surface area contributed by atoms with Gasteiger partial charge in [-0.1, -0.05) is 23.2 Å². The number of nitrogens with zero attached hydrogens (tertiary/aromatic N) is 1. The third-order valence-electron chi connectivity index (χ3n) is 3.12. The molecule has 2 rings (SSSR count). The summed E-state index contributed by atoms with van der Waals surface area (Å²) in [6.45, 7) is 0.711. The minimum atomic E-state index is -0.0610. The Labute approximate surface area is 127 Å². The van der Waals surface area contributed by atoms with E-state index in [-0.39, 0.29) is 18.6 Å². The van der Waals surface area contributed by atoms with Crippen LogP contribution in [-0.4, -0.2) is 35.9 Å². The number of carbonyl (C=O) groups excluding carboxylic acids is 1. The van der Waals surface area contributed by atoms with Crippen LogP contribution >= 0.6 is 34.8 Å². The van der Waals surface area contributed by atoms with Crippen molar-refractivity contribution in [2.45, 2.75) is 18.9 Å². The predicted molar refractivity (Wildman–Crippen MR) is 77.4 cm³/mol. The van der Waals surface area contributed by atoms with Crippen LogP contribution in [0.3, 0.4) is 0 Å². The fourth-order valence-electron chi connectivity index (χ4n) is 2.14. The number of likely N-dealkylation sites (tertiary alicyclic amines) is 1. The summed E-state index contributed by atoms with van der Waals surface area (Å²) < 4.78 is 5.43. The number of hydrogen-bond acceptors (Lipinski definition) is 2. The molecule has 0 bridgehead atoms. The summed E-state index contributed by atoms with van der Waals surface area (Å²) in [6, 6.07) is 5.03. The zero-order valence-electron chi connectivity index (χ0n) is 10.2. The Bertz CT molecular complexity index is 467. The second-order valence-electron chi connectivity index (χ2n) is 4.40. The molecule has 0 N–H and O–H groups in total. The summed E-state index contributed by atoms with van der Waals surface area (Å²) in [7, 11) is 0. The van der Waals surface area contributed by atoms with Gasteiger partial charge in [0.1, 0.15) is 5.75 Å². The summed E-state index contributed by atoms with van der Waals surface area (Å²) in [5.74, 6) is 0.864. The first-order valence-corrected chi connectivity index (χ1v) is 7.34. The Morgan fingerprint density at radius 1 is 1.42 bits per heavy atom. The van der Waals surface area contributed by atoms with Crippen LogP contribution in [0.15, 0.2) is 18.2 Å². The lowest BCUT2D eigenvalue weighted by Crippen LogP contribution is -2.39. The molecule has 0 radical (unpaired) electrons. The summed E-state index contributed by atoms with van der Waals surface area (Å²) in [5.41, 5.74) is 0. The molecule has 0 aliphatic carbocycles. The molecule has 0 spiro atoms. The van der Waals surface area contributed by atoms with Crippen LogP contribution in [0.1, 0.15) is 12.8 Å². The minimum absolute atomic E-state index is 0.0330. The Balaban J connectivity index is 1.93.